The molecule has 9 heteroatoms. The number of carbonyl (C=O) groups excluding carboxylic acids is 2. The lowest BCUT2D eigenvalue weighted by Gasteiger charge is -2.21. The minimum atomic E-state index is -3.81. The molecule has 26 heavy (non-hydrogen) atoms. The van der Waals surface area contributed by atoms with Crippen LogP contribution in [0.2, 0.25) is 5.02 Å². The number of ether oxygens (including phenoxy) is 1. The van der Waals surface area contributed by atoms with Gasteiger partial charge in [-0.25, -0.2) is 17.9 Å². The van der Waals surface area contributed by atoms with Crippen LogP contribution in [0.5, 0.6) is 0 Å². The van der Waals surface area contributed by atoms with Crippen molar-refractivity contribution in [2.45, 2.75) is 31.1 Å². The third-order valence-corrected chi connectivity index (χ3v) is 5.97. The van der Waals surface area contributed by atoms with Crippen LogP contribution < -0.4 is 4.72 Å². The van der Waals surface area contributed by atoms with Gasteiger partial charge in [0.05, 0.1) is 10.6 Å². The highest BCUT2D eigenvalue weighted by molar-refractivity contribution is 7.89. The molecular formula is C17H23ClN2O5S. The van der Waals surface area contributed by atoms with Gasteiger partial charge in [0.25, 0.3) is 5.91 Å². The number of sulfonamides is 1. The normalized spacial score (nSPS) is 14.1. The quantitative estimate of drug-likeness (QED) is 0.638. The molecule has 7 nitrogen and oxygen atoms in total. The van der Waals surface area contributed by atoms with E-state index in [4.69, 9.17) is 16.3 Å². The maximum absolute atomic E-state index is 12.3. The SMILES string of the molecule is CCCN(CC1CC1)C(=O)COC(=O)c1ccc(Cl)c(S(=O)(=O)NC)c1. The molecule has 1 saturated carbocycles. The zero-order valence-corrected chi connectivity index (χ0v) is 16.4. The molecule has 1 N–H and O–H groups in total. The standard InChI is InChI=1S/C17H23ClN2O5S/c1-3-8-20(10-12-4-5-12)16(21)11-25-17(22)13-6-7-14(18)15(9-13)26(23,24)19-2/h6-7,9,12,19H,3-5,8,10-11H2,1-2H3. The molecule has 0 spiro atoms. The summed E-state index contributed by atoms with van der Waals surface area (Å²) in [5.41, 5.74) is 0.0141. The Kier molecular flexibility index (Phi) is 7.02. The summed E-state index contributed by atoms with van der Waals surface area (Å²) < 4.78 is 31.1. The fraction of sp³-hybridized carbons (Fsp3) is 0.529. The van der Waals surface area contributed by atoms with Crippen molar-refractivity contribution in [2.24, 2.45) is 5.92 Å². The van der Waals surface area contributed by atoms with Crippen LogP contribution in [0.3, 0.4) is 0 Å². The molecule has 0 heterocycles. The maximum atomic E-state index is 12.3. The van der Waals surface area contributed by atoms with E-state index >= 15 is 0 Å². The third-order valence-electron chi connectivity index (χ3n) is 4.07. The summed E-state index contributed by atoms with van der Waals surface area (Å²) in [5.74, 6) is -0.471. The smallest absolute Gasteiger partial charge is 0.338 e. The molecule has 0 unspecified atom stereocenters. The second-order valence-electron chi connectivity index (χ2n) is 6.21. The van der Waals surface area contributed by atoms with E-state index in [2.05, 4.69) is 4.72 Å². The van der Waals surface area contributed by atoms with Crippen LogP contribution in [0.1, 0.15) is 36.5 Å². The van der Waals surface area contributed by atoms with Crippen molar-refractivity contribution in [1.82, 2.24) is 9.62 Å². The lowest BCUT2D eigenvalue weighted by Crippen LogP contribution is -2.36. The van der Waals surface area contributed by atoms with Crippen LogP contribution in [-0.2, 0) is 19.6 Å². The average molecular weight is 403 g/mol. The molecule has 2 rings (SSSR count). The summed E-state index contributed by atoms with van der Waals surface area (Å²) in [6, 6.07) is 3.80. The van der Waals surface area contributed by atoms with Crippen molar-refractivity contribution >= 4 is 33.5 Å². The first-order valence-electron chi connectivity index (χ1n) is 8.46. The molecule has 0 saturated heterocycles. The lowest BCUT2D eigenvalue weighted by molar-refractivity contribution is -0.134. The number of carbonyl (C=O) groups is 2. The summed E-state index contributed by atoms with van der Waals surface area (Å²) in [6.07, 6.45) is 3.08. The van der Waals surface area contributed by atoms with Crippen molar-refractivity contribution < 1.29 is 22.7 Å². The largest absolute Gasteiger partial charge is 0.452 e. The van der Waals surface area contributed by atoms with Crippen molar-refractivity contribution in [3.05, 3.63) is 28.8 Å². The summed E-state index contributed by atoms with van der Waals surface area (Å²) in [6.45, 7) is 2.92. The molecule has 1 aromatic carbocycles. The second-order valence-corrected chi connectivity index (χ2v) is 8.47. The average Bonchev–Trinajstić information content (AvgIpc) is 3.43. The van der Waals surface area contributed by atoms with Gasteiger partial charge >= 0.3 is 5.97 Å². The number of hydrogen-bond donors (Lipinski definition) is 1. The number of benzene rings is 1. The Labute approximate surface area is 158 Å². The monoisotopic (exact) mass is 402 g/mol. The fourth-order valence-electron chi connectivity index (χ4n) is 2.45. The summed E-state index contributed by atoms with van der Waals surface area (Å²) in [7, 11) is -2.56. The van der Waals surface area contributed by atoms with Gasteiger partial charge in [-0.2, -0.15) is 0 Å². The minimum absolute atomic E-state index is 0.00877. The van der Waals surface area contributed by atoms with Crippen LogP contribution in [0.15, 0.2) is 23.1 Å². The van der Waals surface area contributed by atoms with E-state index in [0.29, 0.717) is 19.0 Å². The first-order valence-corrected chi connectivity index (χ1v) is 10.3. The molecule has 0 radical (unpaired) electrons. The number of halogens is 1. The van der Waals surface area contributed by atoms with Crippen molar-refractivity contribution in [1.29, 1.82) is 0 Å². The van der Waals surface area contributed by atoms with Crippen LogP contribution in [-0.4, -0.2) is 51.9 Å². The molecule has 1 aromatic rings. The topological polar surface area (TPSA) is 92.8 Å². The minimum Gasteiger partial charge on any atom is -0.452 e. The van der Waals surface area contributed by atoms with Gasteiger partial charge in [0.1, 0.15) is 4.90 Å². The molecule has 0 aromatic heterocycles. The van der Waals surface area contributed by atoms with Gasteiger partial charge < -0.3 is 9.64 Å². The Hall–Kier alpha value is -1.64. The molecule has 0 atom stereocenters. The summed E-state index contributed by atoms with van der Waals surface area (Å²) in [4.78, 5) is 26.0. The number of rotatable bonds is 9. The second kappa shape index (κ2) is 8.83. The van der Waals surface area contributed by atoms with E-state index < -0.39 is 16.0 Å². The zero-order valence-electron chi connectivity index (χ0n) is 14.8. The molecule has 0 bridgehead atoms. The zero-order chi connectivity index (χ0) is 19.3. The van der Waals surface area contributed by atoms with Gasteiger partial charge in [-0.3, -0.25) is 4.79 Å². The van der Waals surface area contributed by atoms with Gasteiger partial charge in [0, 0.05) is 13.1 Å². The number of nitrogens with one attached hydrogen (secondary N) is 1. The van der Waals surface area contributed by atoms with Crippen LogP contribution in [0.25, 0.3) is 0 Å². The van der Waals surface area contributed by atoms with Crippen LogP contribution in [0, 0.1) is 5.92 Å². The van der Waals surface area contributed by atoms with E-state index in [1.807, 2.05) is 6.92 Å². The molecule has 1 aliphatic rings. The number of hydrogen-bond acceptors (Lipinski definition) is 5. The van der Waals surface area contributed by atoms with Crippen LogP contribution in [0.4, 0.5) is 0 Å². The molecular weight excluding hydrogens is 380 g/mol. The first-order chi connectivity index (χ1) is 12.3. The van der Waals surface area contributed by atoms with Crippen molar-refractivity contribution in [3.63, 3.8) is 0 Å². The predicted octanol–water partition coefficient (Wildman–Crippen LogP) is 2.05. The van der Waals surface area contributed by atoms with Crippen LogP contribution >= 0.6 is 11.6 Å². The maximum Gasteiger partial charge on any atom is 0.338 e. The molecule has 144 valence electrons. The Morgan fingerprint density at radius 2 is 2.04 bits per heavy atom. The van der Waals surface area contributed by atoms with E-state index in [1.165, 1.54) is 19.2 Å². The number of amides is 1. The molecule has 1 amide bonds. The predicted molar refractivity (Wildman–Crippen MR) is 97.6 cm³/mol. The van der Waals surface area contributed by atoms with Gasteiger partial charge in [0.2, 0.25) is 10.0 Å². The Bertz CT molecular complexity index is 777. The van der Waals surface area contributed by atoms with E-state index in [-0.39, 0.29) is 28.0 Å². The molecule has 0 aliphatic heterocycles. The summed E-state index contributed by atoms with van der Waals surface area (Å²) in [5, 5.41) is -0.00877. The van der Waals surface area contributed by atoms with E-state index in [1.54, 1.807) is 4.90 Å². The fourth-order valence-corrected chi connectivity index (χ4v) is 3.70. The Balaban J connectivity index is 2.03. The van der Waals surface area contributed by atoms with Gasteiger partial charge in [-0.15, -0.1) is 0 Å². The van der Waals surface area contributed by atoms with Crippen molar-refractivity contribution in [2.75, 3.05) is 26.7 Å². The molecule has 1 aliphatic carbocycles. The van der Waals surface area contributed by atoms with Gasteiger partial charge in [-0.1, -0.05) is 18.5 Å². The highest BCUT2D eigenvalue weighted by atomic mass is 35.5. The van der Waals surface area contributed by atoms with E-state index in [0.717, 1.165) is 25.3 Å². The Morgan fingerprint density at radius 1 is 1.35 bits per heavy atom. The van der Waals surface area contributed by atoms with Gasteiger partial charge in [0.15, 0.2) is 6.61 Å². The number of esters is 1. The summed E-state index contributed by atoms with van der Waals surface area (Å²) >= 11 is 5.89. The third kappa shape index (κ3) is 5.43. The van der Waals surface area contributed by atoms with Gasteiger partial charge in [-0.05, 0) is 50.4 Å². The molecule has 1 fully saturated rings. The Morgan fingerprint density at radius 3 is 2.62 bits per heavy atom. The highest BCUT2D eigenvalue weighted by Gasteiger charge is 2.27. The first kappa shape index (κ1) is 20.7. The number of nitrogens with zero attached hydrogens (tertiary/aromatic N) is 1. The highest BCUT2D eigenvalue weighted by Crippen LogP contribution is 2.29. The van der Waals surface area contributed by atoms with Crippen molar-refractivity contribution in [3.8, 4) is 0 Å². The lowest BCUT2D eigenvalue weighted by atomic mass is 10.2. The van der Waals surface area contributed by atoms with E-state index in [9.17, 15) is 18.0 Å².